The van der Waals surface area contributed by atoms with Crippen LogP contribution in [0.5, 0.6) is 0 Å². The molecule has 1 heterocycles. The number of halogens is 1. The fourth-order valence-corrected chi connectivity index (χ4v) is 1.72. The van der Waals surface area contributed by atoms with E-state index in [-0.39, 0.29) is 5.69 Å². The summed E-state index contributed by atoms with van der Waals surface area (Å²) in [5.41, 5.74) is 1.26. The molecule has 0 atom stereocenters. The molecule has 0 fully saturated rings. The Morgan fingerprint density at radius 1 is 1.28 bits per heavy atom. The van der Waals surface area contributed by atoms with Crippen molar-refractivity contribution >= 4 is 23.0 Å². The Bertz CT molecular complexity index is 624. The Labute approximate surface area is 108 Å². The first kappa shape index (κ1) is 12.3. The van der Waals surface area contributed by atoms with Crippen molar-refractivity contribution in [1.82, 2.24) is 4.57 Å². The predicted octanol–water partition coefficient (Wildman–Crippen LogP) is 2.82. The normalized spacial score (nSPS) is 11.6. The summed E-state index contributed by atoms with van der Waals surface area (Å²) in [4.78, 5) is 14.4. The highest BCUT2D eigenvalue weighted by atomic mass is 35.5. The van der Waals surface area contributed by atoms with Crippen LogP contribution in [-0.4, -0.2) is 9.49 Å². The highest BCUT2D eigenvalue weighted by Crippen LogP contribution is 2.17. The molecule has 0 aliphatic carbocycles. The van der Waals surface area contributed by atoms with Crippen molar-refractivity contribution in [2.75, 3.05) is 0 Å². The Morgan fingerprint density at radius 3 is 2.50 bits per heavy atom. The van der Waals surface area contributed by atoms with Gasteiger partial charge in [0.05, 0.1) is 15.6 Å². The van der Waals surface area contributed by atoms with Gasteiger partial charge in [0.1, 0.15) is 0 Å². The molecule has 92 valence electrons. The molecule has 0 spiro atoms. The number of non-ortho nitro benzene ring substituents is 1. The maximum Gasteiger partial charge on any atom is 0.269 e. The summed E-state index contributed by atoms with van der Waals surface area (Å²) in [5, 5.41) is 11.1. The number of rotatable bonds is 2. The van der Waals surface area contributed by atoms with E-state index in [2.05, 4.69) is 4.99 Å². The van der Waals surface area contributed by atoms with Crippen LogP contribution in [0.1, 0.15) is 0 Å². The van der Waals surface area contributed by atoms with Crippen LogP contribution >= 0.6 is 11.6 Å². The molecule has 18 heavy (non-hydrogen) atoms. The minimum atomic E-state index is -0.445. The summed E-state index contributed by atoms with van der Waals surface area (Å²) in [6.07, 6.45) is 1.83. The van der Waals surface area contributed by atoms with E-state index in [4.69, 9.17) is 11.6 Å². The van der Waals surface area contributed by atoms with Crippen molar-refractivity contribution in [3.05, 3.63) is 63.2 Å². The molecular formula is C12H10ClN3O2. The fraction of sp³-hybridized carbons (Fsp3) is 0.0833. The number of nitro groups is 1. The summed E-state index contributed by atoms with van der Waals surface area (Å²) in [6, 6.07) is 9.55. The van der Waals surface area contributed by atoms with E-state index in [1.54, 1.807) is 22.8 Å². The highest BCUT2D eigenvalue weighted by Gasteiger charge is 2.03. The van der Waals surface area contributed by atoms with E-state index >= 15 is 0 Å². The van der Waals surface area contributed by atoms with E-state index in [0.29, 0.717) is 16.2 Å². The molecule has 2 rings (SSSR count). The molecule has 1 aromatic heterocycles. The van der Waals surface area contributed by atoms with Crippen LogP contribution in [0, 0.1) is 10.1 Å². The second-order valence-electron chi connectivity index (χ2n) is 3.68. The zero-order valence-corrected chi connectivity index (χ0v) is 10.3. The molecule has 0 radical (unpaired) electrons. The van der Waals surface area contributed by atoms with Gasteiger partial charge in [-0.1, -0.05) is 11.6 Å². The van der Waals surface area contributed by atoms with Gasteiger partial charge in [0.2, 0.25) is 0 Å². The second-order valence-corrected chi connectivity index (χ2v) is 4.08. The molecule has 0 amide bonds. The lowest BCUT2D eigenvalue weighted by Crippen LogP contribution is -2.17. The monoisotopic (exact) mass is 263 g/mol. The van der Waals surface area contributed by atoms with Crippen LogP contribution in [0.25, 0.3) is 0 Å². The third-order valence-corrected chi connectivity index (χ3v) is 2.69. The van der Waals surface area contributed by atoms with Crippen molar-refractivity contribution in [2.24, 2.45) is 12.0 Å². The molecule has 0 bridgehead atoms. The molecule has 0 saturated carbocycles. The lowest BCUT2D eigenvalue weighted by molar-refractivity contribution is -0.384. The van der Waals surface area contributed by atoms with Crippen molar-refractivity contribution in [2.45, 2.75) is 0 Å². The molecule has 0 unspecified atom stereocenters. The average molecular weight is 264 g/mol. The number of hydrogen-bond acceptors (Lipinski definition) is 3. The first-order valence-corrected chi connectivity index (χ1v) is 5.56. The van der Waals surface area contributed by atoms with Gasteiger partial charge in [0.15, 0.2) is 5.49 Å². The van der Waals surface area contributed by atoms with E-state index < -0.39 is 4.92 Å². The largest absolute Gasteiger partial charge is 0.335 e. The van der Waals surface area contributed by atoms with Gasteiger partial charge in [0.25, 0.3) is 5.69 Å². The van der Waals surface area contributed by atoms with E-state index in [1.807, 2.05) is 19.3 Å². The van der Waals surface area contributed by atoms with Gasteiger partial charge in [-0.3, -0.25) is 10.1 Å². The number of aryl methyl sites for hydroxylation is 1. The summed E-state index contributed by atoms with van der Waals surface area (Å²) in [7, 11) is 1.83. The van der Waals surface area contributed by atoms with E-state index in [0.717, 1.165) is 0 Å². The second kappa shape index (κ2) is 5.01. The maximum atomic E-state index is 10.5. The zero-order valence-electron chi connectivity index (χ0n) is 9.58. The van der Waals surface area contributed by atoms with Crippen LogP contribution < -0.4 is 5.49 Å². The molecule has 1 aromatic carbocycles. The van der Waals surface area contributed by atoms with Crippen LogP contribution in [0.15, 0.2) is 47.6 Å². The van der Waals surface area contributed by atoms with Gasteiger partial charge in [-0.15, -0.1) is 0 Å². The summed E-state index contributed by atoms with van der Waals surface area (Å²) in [5.74, 6) is 0. The minimum Gasteiger partial charge on any atom is -0.335 e. The highest BCUT2D eigenvalue weighted by molar-refractivity contribution is 6.30. The van der Waals surface area contributed by atoms with E-state index in [1.165, 1.54) is 12.1 Å². The standard InChI is InChI=1S/C12H10ClN3O2/c1-15-8-2-3-11(13)12(15)14-9-4-6-10(7-5-9)16(17)18/h2-8H,1H3. The molecule has 0 N–H and O–H groups in total. The lowest BCUT2D eigenvalue weighted by Gasteiger charge is -2.01. The number of nitro benzene ring substituents is 1. The van der Waals surface area contributed by atoms with Gasteiger partial charge in [0, 0.05) is 25.4 Å². The van der Waals surface area contributed by atoms with Crippen molar-refractivity contribution < 1.29 is 4.92 Å². The van der Waals surface area contributed by atoms with Crippen molar-refractivity contribution in [3.8, 4) is 0 Å². The number of aromatic nitrogens is 1. The molecule has 5 nitrogen and oxygen atoms in total. The minimum absolute atomic E-state index is 0.0393. The van der Waals surface area contributed by atoms with Crippen LogP contribution in [0.4, 0.5) is 11.4 Å². The summed E-state index contributed by atoms with van der Waals surface area (Å²) < 4.78 is 1.78. The van der Waals surface area contributed by atoms with Crippen molar-refractivity contribution in [1.29, 1.82) is 0 Å². The molecule has 0 saturated heterocycles. The van der Waals surface area contributed by atoms with Crippen LogP contribution in [-0.2, 0) is 7.05 Å². The van der Waals surface area contributed by atoms with Crippen LogP contribution in [0.2, 0.25) is 5.02 Å². The third kappa shape index (κ3) is 2.57. The van der Waals surface area contributed by atoms with Gasteiger partial charge in [-0.05, 0) is 24.3 Å². The third-order valence-electron chi connectivity index (χ3n) is 2.40. The Balaban J connectivity index is 2.47. The topological polar surface area (TPSA) is 60.4 Å². The molecule has 0 aliphatic rings. The van der Waals surface area contributed by atoms with Gasteiger partial charge < -0.3 is 4.57 Å². The first-order chi connectivity index (χ1) is 8.58. The number of nitrogens with zero attached hydrogens (tertiary/aromatic N) is 3. The van der Waals surface area contributed by atoms with Crippen molar-refractivity contribution in [3.63, 3.8) is 0 Å². The number of pyridine rings is 1. The summed E-state index contributed by atoms with van der Waals surface area (Å²) >= 11 is 6.04. The zero-order chi connectivity index (χ0) is 13.1. The maximum absolute atomic E-state index is 10.5. The first-order valence-electron chi connectivity index (χ1n) is 5.18. The molecule has 6 heteroatoms. The molecule has 2 aromatic rings. The SMILES string of the molecule is Cn1cccc(Cl)c1=Nc1ccc([N+](=O)[O-])cc1. The summed E-state index contributed by atoms with van der Waals surface area (Å²) in [6.45, 7) is 0. The van der Waals surface area contributed by atoms with Gasteiger partial charge in [-0.25, -0.2) is 4.99 Å². The van der Waals surface area contributed by atoms with Gasteiger partial charge in [-0.2, -0.15) is 0 Å². The average Bonchev–Trinajstić information content (AvgIpc) is 2.34. The predicted molar refractivity (Wildman–Crippen MR) is 68.7 cm³/mol. The Hall–Kier alpha value is -2.14. The number of hydrogen-bond donors (Lipinski definition) is 0. The Morgan fingerprint density at radius 2 is 1.94 bits per heavy atom. The molecular weight excluding hydrogens is 254 g/mol. The van der Waals surface area contributed by atoms with Crippen LogP contribution in [0.3, 0.4) is 0 Å². The number of benzene rings is 1. The quantitative estimate of drug-likeness (QED) is 0.618. The molecule has 0 aliphatic heterocycles. The smallest absolute Gasteiger partial charge is 0.269 e. The Kier molecular flexibility index (Phi) is 3.43. The van der Waals surface area contributed by atoms with Gasteiger partial charge >= 0.3 is 0 Å². The van der Waals surface area contributed by atoms with E-state index in [9.17, 15) is 10.1 Å². The lowest BCUT2D eigenvalue weighted by atomic mass is 10.3. The fourth-order valence-electron chi connectivity index (χ4n) is 1.47.